The van der Waals surface area contributed by atoms with Crippen LogP contribution in [0.2, 0.25) is 0 Å². The first kappa shape index (κ1) is 12.9. The Morgan fingerprint density at radius 3 is 2.89 bits per heavy atom. The highest BCUT2D eigenvalue weighted by Gasteiger charge is 2.33. The molecule has 0 spiro atoms. The standard InChI is InChI=1S/C13H15ClN2O2/c14-8-9-3-1-4-10(7-9)13(18)16-6-2-5-11(16)12(15)17/h1,3-4,7,11H,2,5-6,8H2,(H2,15,17). The molecule has 0 bridgehead atoms. The molecule has 1 saturated heterocycles. The van der Waals surface area contributed by atoms with Crippen LogP contribution in [0, 0.1) is 0 Å². The maximum atomic E-state index is 12.3. The maximum Gasteiger partial charge on any atom is 0.254 e. The number of alkyl halides is 1. The first-order valence-corrected chi connectivity index (χ1v) is 6.42. The molecule has 1 unspecified atom stereocenters. The highest BCUT2D eigenvalue weighted by Crippen LogP contribution is 2.20. The number of carbonyl (C=O) groups excluding carboxylic acids is 2. The van der Waals surface area contributed by atoms with Crippen molar-refractivity contribution < 1.29 is 9.59 Å². The largest absolute Gasteiger partial charge is 0.368 e. The molecular weight excluding hydrogens is 252 g/mol. The second-order valence-corrected chi connectivity index (χ2v) is 4.66. The third-order valence-electron chi connectivity index (χ3n) is 3.17. The van der Waals surface area contributed by atoms with Crippen LogP contribution in [-0.4, -0.2) is 29.3 Å². The van der Waals surface area contributed by atoms with Gasteiger partial charge in [0, 0.05) is 18.0 Å². The van der Waals surface area contributed by atoms with Crippen molar-refractivity contribution in [1.82, 2.24) is 4.90 Å². The quantitative estimate of drug-likeness (QED) is 0.843. The summed E-state index contributed by atoms with van der Waals surface area (Å²) in [4.78, 5) is 25.1. The van der Waals surface area contributed by atoms with Gasteiger partial charge in [-0.2, -0.15) is 0 Å². The van der Waals surface area contributed by atoms with Gasteiger partial charge in [0.2, 0.25) is 5.91 Å². The minimum Gasteiger partial charge on any atom is -0.368 e. The van der Waals surface area contributed by atoms with Gasteiger partial charge in [-0.25, -0.2) is 0 Å². The van der Waals surface area contributed by atoms with Gasteiger partial charge in [-0.05, 0) is 30.5 Å². The van der Waals surface area contributed by atoms with E-state index in [1.165, 1.54) is 0 Å². The lowest BCUT2D eigenvalue weighted by molar-refractivity contribution is -0.121. The summed E-state index contributed by atoms with van der Waals surface area (Å²) < 4.78 is 0. The van der Waals surface area contributed by atoms with E-state index in [0.717, 1.165) is 12.0 Å². The van der Waals surface area contributed by atoms with Crippen molar-refractivity contribution in [3.63, 3.8) is 0 Å². The number of benzene rings is 1. The predicted molar refractivity (Wildman–Crippen MR) is 69.3 cm³/mol. The lowest BCUT2D eigenvalue weighted by Crippen LogP contribution is -2.43. The van der Waals surface area contributed by atoms with Crippen molar-refractivity contribution in [3.8, 4) is 0 Å². The van der Waals surface area contributed by atoms with Gasteiger partial charge in [0.1, 0.15) is 6.04 Å². The fourth-order valence-electron chi connectivity index (χ4n) is 2.26. The molecule has 1 atom stereocenters. The van der Waals surface area contributed by atoms with E-state index in [9.17, 15) is 9.59 Å². The summed E-state index contributed by atoms with van der Waals surface area (Å²) in [6.07, 6.45) is 1.46. The van der Waals surface area contributed by atoms with Crippen LogP contribution in [0.15, 0.2) is 24.3 Å². The molecule has 2 rings (SSSR count). The minimum absolute atomic E-state index is 0.150. The molecule has 2 N–H and O–H groups in total. The number of hydrogen-bond acceptors (Lipinski definition) is 2. The third-order valence-corrected chi connectivity index (χ3v) is 3.48. The molecule has 2 amide bonds. The number of hydrogen-bond donors (Lipinski definition) is 1. The normalized spacial score (nSPS) is 18.9. The summed E-state index contributed by atoms with van der Waals surface area (Å²) in [5.41, 5.74) is 6.75. The van der Waals surface area contributed by atoms with Crippen LogP contribution in [0.4, 0.5) is 0 Å². The molecule has 1 fully saturated rings. The summed E-state index contributed by atoms with van der Waals surface area (Å²) >= 11 is 5.74. The second kappa shape index (κ2) is 5.40. The zero-order valence-electron chi connectivity index (χ0n) is 9.93. The number of carbonyl (C=O) groups is 2. The number of nitrogens with two attached hydrogens (primary N) is 1. The number of amides is 2. The molecule has 96 valence electrons. The molecule has 0 saturated carbocycles. The molecule has 18 heavy (non-hydrogen) atoms. The summed E-state index contributed by atoms with van der Waals surface area (Å²) in [7, 11) is 0. The van der Waals surface area contributed by atoms with Crippen molar-refractivity contribution in [3.05, 3.63) is 35.4 Å². The van der Waals surface area contributed by atoms with E-state index in [4.69, 9.17) is 17.3 Å². The lowest BCUT2D eigenvalue weighted by Gasteiger charge is -2.22. The lowest BCUT2D eigenvalue weighted by atomic mass is 10.1. The molecule has 1 aliphatic heterocycles. The highest BCUT2D eigenvalue weighted by molar-refractivity contribution is 6.17. The van der Waals surface area contributed by atoms with Crippen LogP contribution in [0.3, 0.4) is 0 Å². The van der Waals surface area contributed by atoms with E-state index in [-0.39, 0.29) is 5.91 Å². The molecule has 1 aliphatic rings. The van der Waals surface area contributed by atoms with Crippen LogP contribution in [0.25, 0.3) is 0 Å². The smallest absolute Gasteiger partial charge is 0.254 e. The summed E-state index contributed by atoms with van der Waals surface area (Å²) in [5.74, 6) is -0.224. The Balaban J connectivity index is 2.22. The number of halogens is 1. The second-order valence-electron chi connectivity index (χ2n) is 4.39. The molecule has 1 aromatic rings. The van der Waals surface area contributed by atoms with Crippen LogP contribution < -0.4 is 5.73 Å². The molecule has 1 heterocycles. The van der Waals surface area contributed by atoms with Crippen LogP contribution >= 0.6 is 11.6 Å². The first-order valence-electron chi connectivity index (χ1n) is 5.88. The van der Waals surface area contributed by atoms with Gasteiger partial charge < -0.3 is 10.6 Å². The molecular formula is C13H15ClN2O2. The van der Waals surface area contributed by atoms with Gasteiger partial charge in [0.25, 0.3) is 5.91 Å². The average Bonchev–Trinajstić information content (AvgIpc) is 2.87. The van der Waals surface area contributed by atoms with Crippen LogP contribution in [0.5, 0.6) is 0 Å². The van der Waals surface area contributed by atoms with Gasteiger partial charge in [-0.1, -0.05) is 12.1 Å². The van der Waals surface area contributed by atoms with Crippen molar-refractivity contribution in [1.29, 1.82) is 0 Å². The topological polar surface area (TPSA) is 63.4 Å². The van der Waals surface area contributed by atoms with E-state index in [1.54, 1.807) is 23.1 Å². The van der Waals surface area contributed by atoms with Crippen molar-refractivity contribution >= 4 is 23.4 Å². The minimum atomic E-state index is -0.475. The molecule has 1 aromatic carbocycles. The van der Waals surface area contributed by atoms with E-state index in [1.807, 2.05) is 6.07 Å². The van der Waals surface area contributed by atoms with Gasteiger partial charge in [-0.3, -0.25) is 9.59 Å². The maximum absolute atomic E-state index is 12.3. The Hall–Kier alpha value is -1.55. The monoisotopic (exact) mass is 266 g/mol. The Kier molecular flexibility index (Phi) is 3.87. The van der Waals surface area contributed by atoms with E-state index >= 15 is 0 Å². The molecule has 0 aromatic heterocycles. The van der Waals surface area contributed by atoms with Crippen molar-refractivity contribution in [2.24, 2.45) is 5.73 Å². The van der Waals surface area contributed by atoms with Crippen LogP contribution in [0.1, 0.15) is 28.8 Å². The van der Waals surface area contributed by atoms with Crippen molar-refractivity contribution in [2.45, 2.75) is 24.8 Å². The Bertz CT molecular complexity index is 476. The highest BCUT2D eigenvalue weighted by atomic mass is 35.5. The number of nitrogens with zero attached hydrogens (tertiary/aromatic N) is 1. The SMILES string of the molecule is NC(=O)C1CCCN1C(=O)c1cccc(CCl)c1. The number of primary amides is 1. The van der Waals surface area contributed by atoms with Gasteiger partial charge in [0.05, 0.1) is 0 Å². The Morgan fingerprint density at radius 2 is 2.22 bits per heavy atom. The molecule has 0 radical (unpaired) electrons. The zero-order valence-corrected chi connectivity index (χ0v) is 10.7. The Labute approximate surface area is 111 Å². The zero-order chi connectivity index (χ0) is 13.1. The molecule has 0 aliphatic carbocycles. The average molecular weight is 267 g/mol. The predicted octanol–water partition coefficient (Wildman–Crippen LogP) is 1.52. The summed E-state index contributed by atoms with van der Waals surface area (Å²) in [5, 5.41) is 0. The van der Waals surface area contributed by atoms with E-state index in [2.05, 4.69) is 0 Å². The van der Waals surface area contributed by atoms with Crippen molar-refractivity contribution in [2.75, 3.05) is 6.54 Å². The van der Waals surface area contributed by atoms with Gasteiger partial charge in [0.15, 0.2) is 0 Å². The van der Waals surface area contributed by atoms with E-state index in [0.29, 0.717) is 24.4 Å². The fraction of sp³-hybridized carbons (Fsp3) is 0.385. The third kappa shape index (κ3) is 2.48. The molecule has 4 nitrogen and oxygen atoms in total. The van der Waals surface area contributed by atoms with Crippen LogP contribution in [-0.2, 0) is 10.7 Å². The molecule has 5 heteroatoms. The Morgan fingerprint density at radius 1 is 1.44 bits per heavy atom. The summed E-state index contributed by atoms with van der Waals surface area (Å²) in [6, 6.07) is 6.66. The first-order chi connectivity index (χ1) is 8.63. The number of rotatable bonds is 3. The van der Waals surface area contributed by atoms with Gasteiger partial charge in [-0.15, -0.1) is 11.6 Å². The summed E-state index contributed by atoms with van der Waals surface area (Å²) in [6.45, 7) is 0.581. The van der Waals surface area contributed by atoms with Gasteiger partial charge >= 0.3 is 0 Å². The van der Waals surface area contributed by atoms with E-state index < -0.39 is 11.9 Å². The number of likely N-dealkylation sites (tertiary alicyclic amines) is 1. The fourth-order valence-corrected chi connectivity index (χ4v) is 2.43.